The third-order valence-electron chi connectivity index (χ3n) is 3.42. The highest BCUT2D eigenvalue weighted by molar-refractivity contribution is 6.30. The van der Waals surface area contributed by atoms with Crippen molar-refractivity contribution in [1.82, 2.24) is 0 Å². The predicted octanol–water partition coefficient (Wildman–Crippen LogP) is 4.10. The van der Waals surface area contributed by atoms with Crippen molar-refractivity contribution in [3.05, 3.63) is 74.4 Å². The van der Waals surface area contributed by atoms with Crippen LogP contribution >= 0.6 is 11.6 Å². The number of nitro groups is 1. The van der Waals surface area contributed by atoms with Gasteiger partial charge in [0, 0.05) is 22.2 Å². The molecule has 3 rings (SSSR count). The van der Waals surface area contributed by atoms with Gasteiger partial charge in [-0.25, -0.2) is 0 Å². The monoisotopic (exact) mass is 317 g/mol. The van der Waals surface area contributed by atoms with Crippen LogP contribution in [0.15, 0.2) is 48.2 Å². The number of hydrogen-bond donors (Lipinski definition) is 0. The Morgan fingerprint density at radius 2 is 1.95 bits per heavy atom. The third-order valence-corrected chi connectivity index (χ3v) is 3.67. The molecule has 0 bridgehead atoms. The first-order chi connectivity index (χ1) is 10.6. The molecule has 22 heavy (non-hydrogen) atoms. The van der Waals surface area contributed by atoms with E-state index in [0.29, 0.717) is 27.6 Å². The zero-order valence-electron chi connectivity index (χ0n) is 11.7. The van der Waals surface area contributed by atoms with Gasteiger partial charge in [0.2, 0.25) is 6.10 Å². The topological polar surface area (TPSA) is 61.6 Å². The summed E-state index contributed by atoms with van der Waals surface area (Å²) in [4.78, 5) is 10.9. The van der Waals surface area contributed by atoms with E-state index in [2.05, 4.69) is 0 Å². The Labute approximate surface area is 131 Å². The van der Waals surface area contributed by atoms with Gasteiger partial charge in [0.1, 0.15) is 11.5 Å². The highest BCUT2D eigenvalue weighted by Gasteiger charge is 2.33. The van der Waals surface area contributed by atoms with Gasteiger partial charge in [-0.3, -0.25) is 10.1 Å². The van der Waals surface area contributed by atoms with Gasteiger partial charge in [0.15, 0.2) is 0 Å². The normalized spacial score (nSPS) is 16.3. The van der Waals surface area contributed by atoms with Crippen LogP contribution in [0.2, 0.25) is 5.02 Å². The van der Waals surface area contributed by atoms with E-state index in [-0.39, 0.29) is 5.70 Å². The summed E-state index contributed by atoms with van der Waals surface area (Å²) in [5.74, 6) is 1.19. The summed E-state index contributed by atoms with van der Waals surface area (Å²) in [5.41, 5.74) is 1.27. The number of methoxy groups -OCH3 is 1. The predicted molar refractivity (Wildman–Crippen MR) is 82.8 cm³/mol. The summed E-state index contributed by atoms with van der Waals surface area (Å²) in [6, 6.07) is 12.0. The molecule has 0 N–H and O–H groups in total. The minimum atomic E-state index is -0.770. The van der Waals surface area contributed by atoms with E-state index in [1.54, 1.807) is 49.6 Å². The van der Waals surface area contributed by atoms with Gasteiger partial charge >= 0.3 is 0 Å². The average molecular weight is 318 g/mol. The van der Waals surface area contributed by atoms with E-state index in [1.807, 2.05) is 0 Å². The molecule has 2 aromatic carbocycles. The Bertz CT molecular complexity index is 755. The first-order valence-electron chi connectivity index (χ1n) is 6.54. The molecule has 112 valence electrons. The van der Waals surface area contributed by atoms with E-state index < -0.39 is 11.0 Å². The van der Waals surface area contributed by atoms with Crippen LogP contribution in [-0.2, 0) is 0 Å². The maximum atomic E-state index is 11.4. The Morgan fingerprint density at radius 1 is 1.23 bits per heavy atom. The maximum Gasteiger partial charge on any atom is 0.291 e. The molecule has 1 aliphatic heterocycles. The van der Waals surface area contributed by atoms with Crippen molar-refractivity contribution in [1.29, 1.82) is 0 Å². The summed E-state index contributed by atoms with van der Waals surface area (Å²) in [7, 11) is 1.54. The highest BCUT2D eigenvalue weighted by Crippen LogP contribution is 2.39. The number of ether oxygens (including phenoxy) is 2. The van der Waals surface area contributed by atoms with Crippen molar-refractivity contribution < 1.29 is 14.4 Å². The van der Waals surface area contributed by atoms with Crippen LogP contribution in [0.4, 0.5) is 0 Å². The molecule has 0 aromatic heterocycles. The van der Waals surface area contributed by atoms with Crippen molar-refractivity contribution in [2.75, 3.05) is 7.11 Å². The van der Waals surface area contributed by atoms with Gasteiger partial charge in [-0.1, -0.05) is 23.7 Å². The van der Waals surface area contributed by atoms with Crippen LogP contribution in [-0.4, -0.2) is 12.0 Å². The smallest absolute Gasteiger partial charge is 0.291 e. The largest absolute Gasteiger partial charge is 0.497 e. The summed E-state index contributed by atoms with van der Waals surface area (Å²) < 4.78 is 11.0. The second-order valence-electron chi connectivity index (χ2n) is 4.78. The number of nitrogens with zero attached hydrogens (tertiary/aromatic N) is 1. The molecular weight excluding hydrogens is 306 g/mol. The van der Waals surface area contributed by atoms with Crippen molar-refractivity contribution in [3.63, 3.8) is 0 Å². The molecule has 0 aliphatic carbocycles. The van der Waals surface area contributed by atoms with Crippen LogP contribution in [0, 0.1) is 10.1 Å². The second kappa shape index (κ2) is 5.69. The molecular formula is C16H12ClNO4. The van der Waals surface area contributed by atoms with Crippen molar-refractivity contribution in [2.24, 2.45) is 0 Å². The van der Waals surface area contributed by atoms with Gasteiger partial charge in [-0.05, 0) is 30.3 Å². The first-order valence-corrected chi connectivity index (χ1v) is 6.92. The van der Waals surface area contributed by atoms with E-state index >= 15 is 0 Å². The number of fused-ring (bicyclic) bond motifs is 1. The lowest BCUT2D eigenvalue weighted by molar-refractivity contribution is -0.434. The average Bonchev–Trinajstić information content (AvgIpc) is 2.53. The molecule has 0 saturated heterocycles. The minimum absolute atomic E-state index is 0.0249. The van der Waals surface area contributed by atoms with Gasteiger partial charge in [0.25, 0.3) is 5.70 Å². The summed E-state index contributed by atoms with van der Waals surface area (Å²) >= 11 is 5.86. The van der Waals surface area contributed by atoms with Crippen LogP contribution < -0.4 is 9.47 Å². The maximum absolute atomic E-state index is 11.4. The molecule has 6 heteroatoms. The Kier molecular flexibility index (Phi) is 3.73. The molecule has 0 amide bonds. The standard InChI is InChI=1S/C16H12ClNO4/c1-21-13-6-7-15-11(8-13)9-14(18(19)20)16(22-15)10-2-4-12(17)5-3-10/h2-9,16H,1H3. The molecule has 1 heterocycles. The second-order valence-corrected chi connectivity index (χ2v) is 5.22. The van der Waals surface area contributed by atoms with E-state index in [1.165, 1.54) is 6.08 Å². The molecule has 5 nitrogen and oxygen atoms in total. The van der Waals surface area contributed by atoms with Gasteiger partial charge < -0.3 is 9.47 Å². The van der Waals surface area contributed by atoms with Crippen LogP contribution in [0.1, 0.15) is 17.2 Å². The third kappa shape index (κ3) is 2.63. The fourth-order valence-electron chi connectivity index (χ4n) is 2.32. The van der Waals surface area contributed by atoms with Crippen LogP contribution in [0.25, 0.3) is 6.08 Å². The van der Waals surface area contributed by atoms with Crippen LogP contribution in [0.3, 0.4) is 0 Å². The Morgan fingerprint density at radius 3 is 2.59 bits per heavy atom. The van der Waals surface area contributed by atoms with Gasteiger partial charge in [-0.15, -0.1) is 0 Å². The summed E-state index contributed by atoms with van der Waals surface area (Å²) in [6.07, 6.45) is 0.744. The molecule has 0 radical (unpaired) electrons. The lowest BCUT2D eigenvalue weighted by Gasteiger charge is -2.23. The molecule has 0 saturated carbocycles. The van der Waals surface area contributed by atoms with Crippen LogP contribution in [0.5, 0.6) is 11.5 Å². The van der Waals surface area contributed by atoms with Crippen molar-refractivity contribution in [2.45, 2.75) is 6.10 Å². The van der Waals surface area contributed by atoms with Crippen molar-refractivity contribution in [3.8, 4) is 11.5 Å². The first kappa shape index (κ1) is 14.4. The summed E-state index contributed by atoms with van der Waals surface area (Å²) in [5, 5.41) is 11.9. The zero-order chi connectivity index (χ0) is 15.7. The summed E-state index contributed by atoms with van der Waals surface area (Å²) in [6.45, 7) is 0. The number of halogens is 1. The van der Waals surface area contributed by atoms with Gasteiger partial charge in [-0.2, -0.15) is 0 Å². The number of rotatable bonds is 3. The quantitative estimate of drug-likeness (QED) is 0.631. The zero-order valence-corrected chi connectivity index (χ0v) is 12.4. The fraction of sp³-hybridized carbons (Fsp3) is 0.125. The van der Waals surface area contributed by atoms with Gasteiger partial charge in [0.05, 0.1) is 12.0 Å². The molecule has 0 fully saturated rings. The van der Waals surface area contributed by atoms with E-state index in [0.717, 1.165) is 0 Å². The molecule has 1 aliphatic rings. The number of benzene rings is 2. The molecule has 0 spiro atoms. The SMILES string of the molecule is COc1ccc2c(c1)C=C([N+](=O)[O-])C(c1ccc(Cl)cc1)O2. The lowest BCUT2D eigenvalue weighted by Crippen LogP contribution is -2.19. The molecule has 2 aromatic rings. The van der Waals surface area contributed by atoms with E-state index in [4.69, 9.17) is 21.1 Å². The van der Waals surface area contributed by atoms with E-state index in [9.17, 15) is 10.1 Å². The molecule has 1 unspecified atom stereocenters. The molecule has 1 atom stereocenters. The fourth-order valence-corrected chi connectivity index (χ4v) is 2.45. The number of hydrogen-bond acceptors (Lipinski definition) is 4. The highest BCUT2D eigenvalue weighted by atomic mass is 35.5. The lowest BCUT2D eigenvalue weighted by atomic mass is 10.0. The Hall–Kier alpha value is -2.53. The Balaban J connectivity index is 2.06. The minimum Gasteiger partial charge on any atom is -0.497 e. The van der Waals surface area contributed by atoms with Crippen molar-refractivity contribution >= 4 is 17.7 Å².